The number of aromatic carboxylic acids is 1. The lowest BCUT2D eigenvalue weighted by Crippen LogP contribution is -2.03. The van der Waals surface area contributed by atoms with Crippen LogP contribution in [0.2, 0.25) is 0 Å². The van der Waals surface area contributed by atoms with Gasteiger partial charge in [0.1, 0.15) is 6.61 Å². The molecule has 0 saturated carbocycles. The van der Waals surface area contributed by atoms with Crippen molar-refractivity contribution in [1.82, 2.24) is 0 Å². The van der Waals surface area contributed by atoms with Gasteiger partial charge in [0, 0.05) is 6.42 Å². The number of carboxylic acids is 1. The summed E-state index contributed by atoms with van der Waals surface area (Å²) in [6.07, 6.45) is 0.340. The minimum absolute atomic E-state index is 0.187. The van der Waals surface area contributed by atoms with E-state index in [-0.39, 0.29) is 18.1 Å². The molecule has 1 rings (SSSR count). The molecule has 15 heavy (non-hydrogen) atoms. The Morgan fingerprint density at radius 2 is 1.87 bits per heavy atom. The first-order chi connectivity index (χ1) is 7.13. The van der Waals surface area contributed by atoms with Crippen molar-refractivity contribution >= 4 is 11.9 Å². The largest absolute Gasteiger partial charge is 0.478 e. The Bertz CT molecular complexity index is 353. The molecule has 0 aromatic heterocycles. The summed E-state index contributed by atoms with van der Waals surface area (Å²) in [6, 6.07) is 6.23. The monoisotopic (exact) mass is 208 g/mol. The first-order valence-corrected chi connectivity index (χ1v) is 4.61. The summed E-state index contributed by atoms with van der Waals surface area (Å²) in [7, 11) is 0. The number of benzene rings is 1. The molecule has 1 N–H and O–H groups in total. The van der Waals surface area contributed by atoms with Gasteiger partial charge in [-0.2, -0.15) is 0 Å². The third-order valence-corrected chi connectivity index (χ3v) is 1.89. The molecule has 1 aromatic rings. The molecular weight excluding hydrogens is 196 g/mol. The van der Waals surface area contributed by atoms with Crippen LogP contribution in [0, 0.1) is 0 Å². The molecule has 0 radical (unpaired) electrons. The van der Waals surface area contributed by atoms with E-state index in [1.165, 1.54) is 12.1 Å². The van der Waals surface area contributed by atoms with E-state index in [1.807, 2.05) is 0 Å². The predicted octanol–water partition coefficient (Wildman–Crippen LogP) is 1.84. The Balaban J connectivity index is 2.57. The van der Waals surface area contributed by atoms with Gasteiger partial charge in [-0.15, -0.1) is 0 Å². The maximum absolute atomic E-state index is 10.8. The van der Waals surface area contributed by atoms with Gasteiger partial charge in [0.2, 0.25) is 0 Å². The van der Waals surface area contributed by atoms with Crippen molar-refractivity contribution in [3.05, 3.63) is 35.4 Å². The van der Waals surface area contributed by atoms with Gasteiger partial charge in [0.15, 0.2) is 0 Å². The summed E-state index contributed by atoms with van der Waals surface area (Å²) in [5, 5.41) is 8.65. The summed E-state index contributed by atoms with van der Waals surface area (Å²) in [5.74, 6) is -1.23. The molecule has 0 fully saturated rings. The smallest absolute Gasteiger partial charge is 0.335 e. The Morgan fingerprint density at radius 3 is 2.33 bits per heavy atom. The zero-order valence-corrected chi connectivity index (χ0v) is 8.40. The second-order valence-corrected chi connectivity index (χ2v) is 3.02. The van der Waals surface area contributed by atoms with Crippen molar-refractivity contribution in [3.63, 3.8) is 0 Å². The normalized spacial score (nSPS) is 9.67. The minimum atomic E-state index is -0.966. The second kappa shape index (κ2) is 5.14. The topological polar surface area (TPSA) is 63.6 Å². The molecule has 0 heterocycles. The van der Waals surface area contributed by atoms with Gasteiger partial charge in [-0.3, -0.25) is 4.79 Å². The van der Waals surface area contributed by atoms with E-state index in [1.54, 1.807) is 19.1 Å². The van der Waals surface area contributed by atoms with E-state index in [0.29, 0.717) is 6.42 Å². The molecule has 0 saturated heterocycles. The maximum Gasteiger partial charge on any atom is 0.335 e. The average molecular weight is 208 g/mol. The van der Waals surface area contributed by atoms with Crippen LogP contribution < -0.4 is 0 Å². The highest BCUT2D eigenvalue weighted by Crippen LogP contribution is 2.06. The molecule has 0 amide bonds. The Kier molecular flexibility index (Phi) is 3.85. The molecule has 4 heteroatoms. The molecule has 4 nitrogen and oxygen atoms in total. The number of carbonyl (C=O) groups is 2. The van der Waals surface area contributed by atoms with Gasteiger partial charge in [0.25, 0.3) is 0 Å². The lowest BCUT2D eigenvalue weighted by atomic mass is 10.1. The molecule has 0 aliphatic heterocycles. The SMILES string of the molecule is CCC(=O)OCc1ccc(C(=O)O)cc1. The predicted molar refractivity (Wildman–Crippen MR) is 53.5 cm³/mol. The highest BCUT2D eigenvalue weighted by Gasteiger charge is 2.03. The summed E-state index contributed by atoms with van der Waals surface area (Å²) in [6.45, 7) is 1.91. The number of rotatable bonds is 4. The molecule has 0 aliphatic carbocycles. The standard InChI is InChI=1S/C11H12O4/c1-2-10(12)15-7-8-3-5-9(6-4-8)11(13)14/h3-6H,2,7H2,1H3,(H,13,14). The Hall–Kier alpha value is -1.84. The number of ether oxygens (including phenoxy) is 1. The van der Waals surface area contributed by atoms with Gasteiger partial charge >= 0.3 is 11.9 Å². The van der Waals surface area contributed by atoms with Gasteiger partial charge in [-0.25, -0.2) is 4.79 Å². The summed E-state index contributed by atoms with van der Waals surface area (Å²) < 4.78 is 4.89. The number of carboxylic acid groups (broad SMARTS) is 1. The summed E-state index contributed by atoms with van der Waals surface area (Å²) in [4.78, 5) is 21.4. The van der Waals surface area contributed by atoms with Crippen molar-refractivity contribution < 1.29 is 19.4 Å². The number of esters is 1. The molecule has 80 valence electrons. The van der Waals surface area contributed by atoms with Crippen LogP contribution in [-0.4, -0.2) is 17.0 Å². The third-order valence-electron chi connectivity index (χ3n) is 1.89. The van der Waals surface area contributed by atoms with Crippen LogP contribution in [0.5, 0.6) is 0 Å². The van der Waals surface area contributed by atoms with E-state index in [2.05, 4.69) is 0 Å². The fourth-order valence-corrected chi connectivity index (χ4v) is 1.01. The highest BCUT2D eigenvalue weighted by molar-refractivity contribution is 5.87. The first-order valence-electron chi connectivity index (χ1n) is 4.61. The van der Waals surface area contributed by atoms with E-state index in [0.717, 1.165) is 5.56 Å². The van der Waals surface area contributed by atoms with E-state index in [4.69, 9.17) is 9.84 Å². The summed E-state index contributed by atoms with van der Waals surface area (Å²) in [5.41, 5.74) is 1.00. The van der Waals surface area contributed by atoms with E-state index in [9.17, 15) is 9.59 Å². The molecular formula is C11H12O4. The van der Waals surface area contributed by atoms with Crippen molar-refractivity contribution in [2.24, 2.45) is 0 Å². The van der Waals surface area contributed by atoms with Crippen LogP contribution >= 0.6 is 0 Å². The van der Waals surface area contributed by atoms with Crippen molar-refractivity contribution in [1.29, 1.82) is 0 Å². The Morgan fingerprint density at radius 1 is 1.27 bits per heavy atom. The van der Waals surface area contributed by atoms with Gasteiger partial charge in [-0.05, 0) is 17.7 Å². The van der Waals surface area contributed by atoms with Crippen molar-refractivity contribution in [2.45, 2.75) is 20.0 Å². The van der Waals surface area contributed by atoms with E-state index < -0.39 is 5.97 Å². The number of hydrogen-bond donors (Lipinski definition) is 1. The minimum Gasteiger partial charge on any atom is -0.478 e. The quantitative estimate of drug-likeness (QED) is 0.767. The first kappa shape index (κ1) is 11.2. The van der Waals surface area contributed by atoms with Crippen LogP contribution in [0.3, 0.4) is 0 Å². The molecule has 0 atom stereocenters. The third kappa shape index (κ3) is 3.42. The van der Waals surface area contributed by atoms with Crippen LogP contribution in [0.25, 0.3) is 0 Å². The molecule has 1 aromatic carbocycles. The zero-order chi connectivity index (χ0) is 11.3. The second-order valence-electron chi connectivity index (χ2n) is 3.02. The van der Waals surface area contributed by atoms with Crippen molar-refractivity contribution in [3.8, 4) is 0 Å². The van der Waals surface area contributed by atoms with E-state index >= 15 is 0 Å². The zero-order valence-electron chi connectivity index (χ0n) is 8.40. The number of hydrogen-bond acceptors (Lipinski definition) is 3. The van der Waals surface area contributed by atoms with Crippen LogP contribution in [0.4, 0.5) is 0 Å². The van der Waals surface area contributed by atoms with Crippen LogP contribution in [-0.2, 0) is 16.1 Å². The molecule has 0 unspecified atom stereocenters. The lowest BCUT2D eigenvalue weighted by Gasteiger charge is -2.03. The lowest BCUT2D eigenvalue weighted by molar-refractivity contribution is -0.144. The number of carbonyl (C=O) groups excluding carboxylic acids is 1. The molecule has 0 spiro atoms. The van der Waals surface area contributed by atoms with Gasteiger partial charge in [-0.1, -0.05) is 19.1 Å². The molecule has 0 aliphatic rings. The van der Waals surface area contributed by atoms with Gasteiger partial charge < -0.3 is 9.84 Å². The molecule has 0 bridgehead atoms. The highest BCUT2D eigenvalue weighted by atomic mass is 16.5. The van der Waals surface area contributed by atoms with Crippen molar-refractivity contribution in [2.75, 3.05) is 0 Å². The fraction of sp³-hybridized carbons (Fsp3) is 0.273. The summed E-state index contributed by atoms with van der Waals surface area (Å²) >= 11 is 0. The van der Waals surface area contributed by atoms with Crippen LogP contribution in [0.15, 0.2) is 24.3 Å². The van der Waals surface area contributed by atoms with Gasteiger partial charge in [0.05, 0.1) is 5.56 Å². The van der Waals surface area contributed by atoms with Crippen LogP contribution in [0.1, 0.15) is 29.3 Å². The Labute approximate surface area is 87.5 Å². The maximum atomic E-state index is 10.8. The fourth-order valence-electron chi connectivity index (χ4n) is 1.01. The average Bonchev–Trinajstić information content (AvgIpc) is 2.26.